The van der Waals surface area contributed by atoms with Crippen molar-refractivity contribution in [3.8, 4) is 5.75 Å². The zero-order valence-electron chi connectivity index (χ0n) is 25.7. The second-order valence-electron chi connectivity index (χ2n) is 12.2. The molecule has 2 heterocycles. The monoisotopic (exact) mass is 621 g/mol. The van der Waals surface area contributed by atoms with Crippen LogP contribution in [-0.2, 0) is 9.16 Å². The van der Waals surface area contributed by atoms with Gasteiger partial charge in [-0.1, -0.05) is 112 Å². The zero-order chi connectivity index (χ0) is 31.2. The normalized spacial score (nSPS) is 15.7. The average molecular weight is 622 g/mol. The van der Waals surface area contributed by atoms with Crippen molar-refractivity contribution in [2.75, 3.05) is 13.2 Å². The van der Waals surface area contributed by atoms with E-state index in [0.29, 0.717) is 18.2 Å². The Morgan fingerprint density at radius 3 is 2.25 bits per heavy atom. The van der Waals surface area contributed by atoms with E-state index in [2.05, 4.69) is 99.1 Å². The fraction of sp³-hybridized carbons (Fsp3) is 0.237. The van der Waals surface area contributed by atoms with Crippen LogP contribution in [-0.4, -0.2) is 37.7 Å². The third-order valence-electron chi connectivity index (χ3n) is 8.22. The Morgan fingerprint density at radius 1 is 1.00 bits per heavy atom. The minimum atomic E-state index is -2.69. The van der Waals surface area contributed by atoms with E-state index in [1.54, 1.807) is 18.3 Å². The number of ether oxygens (including phenoxy) is 1. The molecule has 6 heteroatoms. The van der Waals surface area contributed by atoms with Crippen LogP contribution in [0.4, 0.5) is 0 Å². The fourth-order valence-electron chi connectivity index (χ4n) is 6.06. The van der Waals surface area contributed by atoms with Gasteiger partial charge >= 0.3 is 0 Å². The molecule has 3 aromatic carbocycles. The highest BCUT2D eigenvalue weighted by Gasteiger charge is 2.50. The minimum absolute atomic E-state index is 0.104. The summed E-state index contributed by atoms with van der Waals surface area (Å²) in [6, 6.07) is 32.3. The van der Waals surface area contributed by atoms with Crippen molar-refractivity contribution in [1.82, 2.24) is 4.98 Å². The maximum absolute atomic E-state index is 9.83. The first-order valence-electron chi connectivity index (χ1n) is 15.0. The highest BCUT2D eigenvalue weighted by Crippen LogP contribution is 2.38. The van der Waals surface area contributed by atoms with Crippen molar-refractivity contribution in [2.45, 2.75) is 44.8 Å². The molecular formula is C38H40ClNO3Si. The van der Waals surface area contributed by atoms with Crippen LogP contribution in [0.15, 0.2) is 127 Å². The number of aromatic hydroxyl groups is 1. The van der Waals surface area contributed by atoms with E-state index >= 15 is 0 Å². The first-order valence-corrected chi connectivity index (χ1v) is 17.3. The third kappa shape index (κ3) is 6.97. The number of rotatable bonds is 11. The molecule has 0 radical (unpaired) electrons. The molecule has 4 nitrogen and oxygen atoms in total. The molecule has 1 atom stereocenters. The Morgan fingerprint density at radius 2 is 1.66 bits per heavy atom. The number of phenolic OH excluding ortho intramolecular Hbond substituents is 1. The van der Waals surface area contributed by atoms with Crippen molar-refractivity contribution in [2.24, 2.45) is 0 Å². The molecule has 226 valence electrons. The molecule has 0 aliphatic carbocycles. The predicted molar refractivity (Wildman–Crippen MR) is 185 cm³/mol. The third-order valence-corrected chi connectivity index (χ3v) is 13.5. The van der Waals surface area contributed by atoms with Crippen LogP contribution in [0, 0.1) is 0 Å². The molecule has 1 N–H and O–H groups in total. The van der Waals surface area contributed by atoms with Crippen LogP contribution in [0.3, 0.4) is 0 Å². The topological polar surface area (TPSA) is 51.6 Å². The van der Waals surface area contributed by atoms with E-state index in [9.17, 15) is 5.11 Å². The Bertz CT molecular complexity index is 1590. The van der Waals surface area contributed by atoms with Gasteiger partial charge in [-0.2, -0.15) is 0 Å². The summed E-state index contributed by atoms with van der Waals surface area (Å²) in [6.45, 7) is 12.3. The number of allylic oxidation sites excluding steroid dienone is 1. The number of halogens is 1. The average Bonchev–Trinajstić information content (AvgIpc) is 3.50. The zero-order valence-corrected chi connectivity index (χ0v) is 27.4. The summed E-state index contributed by atoms with van der Waals surface area (Å²) in [5.41, 5.74) is 4.81. The molecule has 1 aromatic heterocycles. The Labute approximate surface area is 267 Å². The fourth-order valence-corrected chi connectivity index (χ4v) is 10.8. The summed E-state index contributed by atoms with van der Waals surface area (Å²) in [4.78, 5) is 4.61. The molecule has 44 heavy (non-hydrogen) atoms. The lowest BCUT2D eigenvalue weighted by Crippen LogP contribution is -2.66. The van der Waals surface area contributed by atoms with Crippen molar-refractivity contribution in [3.05, 3.63) is 143 Å². The quantitative estimate of drug-likeness (QED) is 0.171. The Balaban J connectivity index is 1.37. The van der Waals surface area contributed by atoms with E-state index < -0.39 is 8.32 Å². The molecule has 1 unspecified atom stereocenters. The molecule has 0 spiro atoms. The number of pyridine rings is 1. The van der Waals surface area contributed by atoms with Crippen molar-refractivity contribution in [3.63, 3.8) is 0 Å². The summed E-state index contributed by atoms with van der Waals surface area (Å²) < 4.78 is 13.4. The van der Waals surface area contributed by atoms with E-state index in [1.165, 1.54) is 10.4 Å². The molecule has 0 bridgehead atoms. The van der Waals surface area contributed by atoms with Crippen LogP contribution in [0.1, 0.15) is 44.9 Å². The maximum Gasteiger partial charge on any atom is 0.261 e. The second-order valence-corrected chi connectivity index (χ2v) is 16.9. The molecule has 1 aliphatic heterocycles. The molecule has 0 saturated carbocycles. The summed E-state index contributed by atoms with van der Waals surface area (Å²) in [5, 5.41) is 12.7. The molecule has 1 aliphatic rings. The van der Waals surface area contributed by atoms with Gasteiger partial charge in [0.2, 0.25) is 0 Å². The van der Waals surface area contributed by atoms with Gasteiger partial charge in [0.1, 0.15) is 5.75 Å². The molecule has 0 fully saturated rings. The summed E-state index contributed by atoms with van der Waals surface area (Å²) in [6.07, 6.45) is 7.35. The van der Waals surface area contributed by atoms with Crippen LogP contribution in [0.25, 0.3) is 11.6 Å². The SMILES string of the molecule is C=C(CO[Si](c1ccccc1)(c1ccccc1)C(C)(C)C)C1=CCOC1CC/C(=C/c1ccc(O)cc1Cl)c1ccccn1. The molecular weight excluding hydrogens is 582 g/mol. The molecule has 0 amide bonds. The number of phenols is 1. The Hall–Kier alpha value is -3.74. The van der Waals surface area contributed by atoms with Gasteiger partial charge in [0.05, 0.1) is 30.0 Å². The standard InChI is InChI=1S/C38H40ClNO3Si/c1-28(27-43-44(38(2,3)4,32-13-7-5-8-14-32)33-15-9-6-10-16-33)34-22-24-42-37(34)21-19-30(36-17-11-12-23-40-36)25-29-18-20-31(41)26-35(29)39/h5-18,20,22-23,25-26,37,41H,1,19,21,24,27H2,2-4H3/b30-25-. The first kappa shape index (κ1) is 31.7. The van der Waals surface area contributed by atoms with Crippen molar-refractivity contribution < 1.29 is 14.3 Å². The molecule has 5 rings (SSSR count). The van der Waals surface area contributed by atoms with Crippen LogP contribution < -0.4 is 10.4 Å². The lowest BCUT2D eigenvalue weighted by molar-refractivity contribution is 0.117. The van der Waals surface area contributed by atoms with Gasteiger partial charge in [0.15, 0.2) is 0 Å². The number of benzene rings is 3. The number of hydrogen-bond donors (Lipinski definition) is 1. The Kier molecular flexibility index (Phi) is 10.0. The van der Waals surface area contributed by atoms with E-state index in [0.717, 1.165) is 40.8 Å². The lowest BCUT2D eigenvalue weighted by Gasteiger charge is -2.43. The van der Waals surface area contributed by atoms with Gasteiger partial charge < -0.3 is 14.3 Å². The smallest absolute Gasteiger partial charge is 0.261 e. The lowest BCUT2D eigenvalue weighted by atomic mass is 9.95. The highest BCUT2D eigenvalue weighted by molar-refractivity contribution is 6.99. The van der Waals surface area contributed by atoms with E-state index in [-0.39, 0.29) is 16.9 Å². The van der Waals surface area contributed by atoms with Crippen LogP contribution in [0.5, 0.6) is 5.75 Å². The van der Waals surface area contributed by atoms with Crippen molar-refractivity contribution >= 4 is 41.9 Å². The number of nitrogens with zero attached hydrogens (tertiary/aromatic N) is 1. The first-order chi connectivity index (χ1) is 21.2. The van der Waals surface area contributed by atoms with Gasteiger partial charge in [-0.3, -0.25) is 4.98 Å². The van der Waals surface area contributed by atoms with E-state index in [1.807, 2.05) is 30.3 Å². The summed E-state index contributed by atoms with van der Waals surface area (Å²) in [7, 11) is -2.69. The number of aromatic nitrogens is 1. The van der Waals surface area contributed by atoms with Crippen LogP contribution in [0.2, 0.25) is 10.1 Å². The van der Waals surface area contributed by atoms with Gasteiger partial charge in [-0.05, 0) is 86.9 Å². The largest absolute Gasteiger partial charge is 0.508 e. The summed E-state index contributed by atoms with van der Waals surface area (Å²) in [5.74, 6) is 0.138. The second kappa shape index (κ2) is 13.9. The summed E-state index contributed by atoms with van der Waals surface area (Å²) >= 11 is 6.46. The molecule has 0 saturated heterocycles. The predicted octanol–water partition coefficient (Wildman–Crippen LogP) is 8.22. The van der Waals surface area contributed by atoms with Gasteiger partial charge in [-0.25, -0.2) is 0 Å². The van der Waals surface area contributed by atoms with E-state index in [4.69, 9.17) is 20.8 Å². The van der Waals surface area contributed by atoms with Crippen LogP contribution >= 0.6 is 11.6 Å². The van der Waals surface area contributed by atoms with Gasteiger partial charge in [-0.15, -0.1) is 0 Å². The van der Waals surface area contributed by atoms with Gasteiger partial charge in [0.25, 0.3) is 8.32 Å². The van der Waals surface area contributed by atoms with Gasteiger partial charge in [0, 0.05) is 6.20 Å². The number of hydrogen-bond acceptors (Lipinski definition) is 4. The molecule has 4 aromatic rings. The minimum Gasteiger partial charge on any atom is -0.508 e. The van der Waals surface area contributed by atoms with Crippen molar-refractivity contribution in [1.29, 1.82) is 0 Å². The maximum atomic E-state index is 9.83. The highest BCUT2D eigenvalue weighted by atomic mass is 35.5.